The molecule has 3 aliphatic heterocycles. The number of ether oxygens (including phenoxy) is 4. The molecule has 0 aliphatic carbocycles. The van der Waals surface area contributed by atoms with Crippen LogP contribution in [0.3, 0.4) is 0 Å². The molecular weight excluding hydrogens is 612 g/mol. The van der Waals surface area contributed by atoms with Gasteiger partial charge in [-0.15, -0.1) is 0 Å². The van der Waals surface area contributed by atoms with Crippen molar-refractivity contribution in [2.45, 2.75) is 95.4 Å². The van der Waals surface area contributed by atoms with Crippen molar-refractivity contribution in [1.82, 2.24) is 49.7 Å². The maximum Gasteiger partial charge on any atom is 0.167 e. The predicted octanol–water partition coefficient (Wildman–Crippen LogP) is -0.147. The van der Waals surface area contributed by atoms with Crippen LogP contribution in [0.25, 0.3) is 22.3 Å². The molecule has 0 spiro atoms. The lowest BCUT2D eigenvalue weighted by Gasteiger charge is -2.25. The second-order valence-corrected chi connectivity index (χ2v) is 12.3. The Kier molecular flexibility index (Phi) is 9.81. The van der Waals surface area contributed by atoms with Gasteiger partial charge in [-0.05, 0) is 39.8 Å². The minimum absolute atomic E-state index is 0.111. The molecule has 8 N–H and O–H groups in total. The van der Waals surface area contributed by atoms with Gasteiger partial charge in [0.15, 0.2) is 41.2 Å². The van der Waals surface area contributed by atoms with Crippen LogP contribution in [-0.2, 0) is 18.9 Å². The lowest BCUT2D eigenvalue weighted by Crippen LogP contribution is -2.37. The minimum Gasteiger partial charge on any atom is -0.387 e. The maximum absolute atomic E-state index is 10.3. The average Bonchev–Trinajstić information content (AvgIpc) is 3.85. The first-order valence-electron chi connectivity index (χ1n) is 15.9. The molecule has 8 atom stereocenters. The number of hydrogen-bond acceptors (Lipinski definition) is 16. The number of nitrogens with one attached hydrogen (secondary N) is 2. The topological polar surface area (TPSA) is 241 Å². The van der Waals surface area contributed by atoms with Crippen LogP contribution in [0, 0.1) is 0 Å². The van der Waals surface area contributed by atoms with Gasteiger partial charge < -0.3 is 51.3 Å². The molecule has 3 aliphatic rings. The third-order valence-corrected chi connectivity index (χ3v) is 8.33. The van der Waals surface area contributed by atoms with Gasteiger partial charge in [0.05, 0.1) is 12.7 Å². The SMILES string of the molecule is CCCNC[C@H]1OC(n2cnc3c(N)ncnc32)[C@@H]2OC(C)(C)O[C@H]12.CCCNC[C@H]1OC(n2cnc3c(N)ncnc32)[C@H](O)[C@@H]1O. The van der Waals surface area contributed by atoms with Crippen molar-refractivity contribution < 1.29 is 29.2 Å². The maximum atomic E-state index is 10.3. The smallest absolute Gasteiger partial charge is 0.167 e. The van der Waals surface area contributed by atoms with Crippen molar-refractivity contribution in [2.24, 2.45) is 0 Å². The first-order valence-corrected chi connectivity index (χ1v) is 15.9. The predicted molar refractivity (Wildman–Crippen MR) is 169 cm³/mol. The van der Waals surface area contributed by atoms with E-state index in [9.17, 15) is 10.2 Å². The number of aromatic nitrogens is 8. The molecule has 3 fully saturated rings. The number of nitrogen functional groups attached to an aromatic ring is 2. The number of hydrogen-bond donors (Lipinski definition) is 6. The third kappa shape index (κ3) is 6.59. The highest BCUT2D eigenvalue weighted by Gasteiger charge is 2.56. The van der Waals surface area contributed by atoms with Gasteiger partial charge in [0.1, 0.15) is 60.3 Å². The summed E-state index contributed by atoms with van der Waals surface area (Å²) in [4.78, 5) is 24.8. The van der Waals surface area contributed by atoms with Gasteiger partial charge in [0.25, 0.3) is 0 Å². The molecule has 0 amide bonds. The molecule has 0 aromatic carbocycles. The number of fused-ring (bicyclic) bond motifs is 3. The molecule has 2 unspecified atom stereocenters. The fraction of sp³-hybridized carbons (Fsp3) is 0.655. The second-order valence-electron chi connectivity index (χ2n) is 12.3. The van der Waals surface area contributed by atoms with E-state index in [0.29, 0.717) is 41.2 Å². The minimum atomic E-state index is -1.07. The third-order valence-electron chi connectivity index (χ3n) is 8.33. The zero-order valence-corrected chi connectivity index (χ0v) is 26.9. The monoisotopic (exact) mass is 656 g/mol. The zero-order chi connectivity index (χ0) is 33.3. The lowest BCUT2D eigenvalue weighted by molar-refractivity contribution is -0.195. The molecule has 18 heteroatoms. The number of imidazole rings is 2. The summed E-state index contributed by atoms with van der Waals surface area (Å²) in [6, 6.07) is 0. The van der Waals surface area contributed by atoms with Crippen LogP contribution < -0.4 is 22.1 Å². The van der Waals surface area contributed by atoms with Crippen molar-refractivity contribution in [3.8, 4) is 0 Å². The highest BCUT2D eigenvalue weighted by Crippen LogP contribution is 2.43. The largest absolute Gasteiger partial charge is 0.387 e. The summed E-state index contributed by atoms with van der Waals surface area (Å²) in [6.07, 6.45) is 3.78. The van der Waals surface area contributed by atoms with Crippen LogP contribution in [0.4, 0.5) is 11.6 Å². The Bertz CT molecular complexity index is 1650. The molecule has 3 saturated heterocycles. The molecule has 7 heterocycles. The molecule has 0 saturated carbocycles. The van der Waals surface area contributed by atoms with Gasteiger partial charge in [-0.3, -0.25) is 9.13 Å². The van der Waals surface area contributed by atoms with E-state index in [-0.39, 0.29) is 30.4 Å². The molecule has 4 aromatic heterocycles. The summed E-state index contributed by atoms with van der Waals surface area (Å²) in [5.41, 5.74) is 13.7. The highest BCUT2D eigenvalue weighted by molar-refractivity contribution is 5.81. The number of rotatable bonds is 10. The van der Waals surface area contributed by atoms with Crippen LogP contribution in [0.5, 0.6) is 0 Å². The first kappa shape index (κ1) is 33.3. The molecule has 256 valence electrons. The Labute approximate surface area is 271 Å². The van der Waals surface area contributed by atoms with Crippen LogP contribution in [0.15, 0.2) is 25.3 Å². The van der Waals surface area contributed by atoms with Crippen LogP contribution in [0.1, 0.15) is 53.0 Å². The van der Waals surface area contributed by atoms with Crippen LogP contribution in [-0.4, -0.2) is 118 Å². The number of anilines is 2. The van der Waals surface area contributed by atoms with E-state index in [2.05, 4.69) is 54.4 Å². The number of nitrogens with two attached hydrogens (primary N) is 2. The summed E-state index contributed by atoms with van der Waals surface area (Å²) in [5, 5.41) is 27.0. The fourth-order valence-corrected chi connectivity index (χ4v) is 6.13. The van der Waals surface area contributed by atoms with E-state index in [4.69, 9.17) is 30.4 Å². The Morgan fingerprint density at radius 2 is 1.23 bits per heavy atom. The summed E-state index contributed by atoms with van der Waals surface area (Å²) in [5.74, 6) is -0.0357. The van der Waals surface area contributed by atoms with E-state index in [1.165, 1.54) is 19.0 Å². The van der Waals surface area contributed by atoms with E-state index in [1.54, 1.807) is 10.9 Å². The molecule has 18 nitrogen and oxygen atoms in total. The van der Waals surface area contributed by atoms with Gasteiger partial charge in [0.2, 0.25) is 0 Å². The second kappa shape index (κ2) is 13.9. The van der Waals surface area contributed by atoms with Crippen molar-refractivity contribution in [3.05, 3.63) is 25.3 Å². The molecular formula is C29H44N12O6. The summed E-state index contributed by atoms with van der Waals surface area (Å²) >= 11 is 0. The molecule has 0 radical (unpaired) electrons. The van der Waals surface area contributed by atoms with Crippen molar-refractivity contribution in [2.75, 3.05) is 37.6 Å². The Morgan fingerprint density at radius 3 is 1.81 bits per heavy atom. The quantitative estimate of drug-likeness (QED) is 0.122. The van der Waals surface area contributed by atoms with Gasteiger partial charge in [-0.2, -0.15) is 0 Å². The zero-order valence-electron chi connectivity index (χ0n) is 26.9. The Balaban J connectivity index is 0.000000166. The number of nitrogens with zero attached hydrogens (tertiary/aromatic N) is 8. The van der Waals surface area contributed by atoms with Crippen molar-refractivity contribution >= 4 is 34.0 Å². The number of aliphatic hydroxyl groups excluding tert-OH is 2. The summed E-state index contributed by atoms with van der Waals surface area (Å²) in [6.45, 7) is 11.0. The standard InChI is InChI=1S/C16H24N6O3.C13H20N6O3/c1-4-5-18-6-9-11-12(25-16(2,3)24-11)15(23-9)22-8-21-10-13(17)19-7-20-14(10)22;1-2-3-15-4-7-9(20)10(21)13(22-7)19-6-18-8-11(14)16-5-17-12(8)19/h7-9,11-12,15,18H,4-6H2,1-3H3,(H2,17,19,20);5-7,9-10,13,15,20-21H,2-4H2,1H3,(H2,14,16,17)/t9-,11-,12-,15?;7-,9-,10-,13?/m11/s1. The van der Waals surface area contributed by atoms with Crippen molar-refractivity contribution in [3.63, 3.8) is 0 Å². The van der Waals surface area contributed by atoms with Gasteiger partial charge in [-0.25, -0.2) is 29.9 Å². The fourth-order valence-electron chi connectivity index (χ4n) is 6.13. The normalized spacial score (nSPS) is 29.7. The summed E-state index contributed by atoms with van der Waals surface area (Å²) in [7, 11) is 0. The van der Waals surface area contributed by atoms with Gasteiger partial charge >= 0.3 is 0 Å². The van der Waals surface area contributed by atoms with E-state index >= 15 is 0 Å². The van der Waals surface area contributed by atoms with Gasteiger partial charge in [0, 0.05) is 13.1 Å². The van der Waals surface area contributed by atoms with Crippen LogP contribution >= 0.6 is 0 Å². The molecule has 4 aromatic rings. The van der Waals surface area contributed by atoms with E-state index in [0.717, 1.165) is 25.9 Å². The molecule has 0 bridgehead atoms. The Morgan fingerprint density at radius 1 is 0.723 bits per heavy atom. The van der Waals surface area contributed by atoms with Gasteiger partial charge in [-0.1, -0.05) is 13.8 Å². The van der Waals surface area contributed by atoms with Crippen LogP contribution in [0.2, 0.25) is 0 Å². The molecule has 47 heavy (non-hydrogen) atoms. The van der Waals surface area contributed by atoms with E-state index < -0.39 is 30.3 Å². The lowest BCUT2D eigenvalue weighted by atomic mass is 10.1. The summed E-state index contributed by atoms with van der Waals surface area (Å²) < 4.78 is 27.7. The Hall–Kier alpha value is -3.62. The highest BCUT2D eigenvalue weighted by atomic mass is 16.8. The van der Waals surface area contributed by atoms with E-state index in [1.807, 2.05) is 18.4 Å². The van der Waals surface area contributed by atoms with Crippen molar-refractivity contribution in [1.29, 1.82) is 0 Å². The average molecular weight is 657 g/mol. The first-order chi connectivity index (χ1) is 22.6. The number of aliphatic hydroxyl groups is 2. The molecule has 7 rings (SSSR count).